The normalized spacial score (nSPS) is 10.8. The largest absolute Gasteiger partial charge is 0.389 e. The second kappa shape index (κ2) is 5.25. The summed E-state index contributed by atoms with van der Waals surface area (Å²) in [5.74, 6) is 0. The lowest BCUT2D eigenvalue weighted by Crippen LogP contribution is -1.87. The molecule has 5 heteroatoms. The molecule has 2 rings (SSSR count). The first-order valence-electron chi connectivity index (χ1n) is 5.32. The molecule has 1 aromatic carbocycles. The Kier molecular flexibility index (Phi) is 3.92. The van der Waals surface area contributed by atoms with Gasteiger partial charge in [-0.15, -0.1) is 11.3 Å². The minimum Gasteiger partial charge on any atom is -0.389 e. The van der Waals surface area contributed by atoms with Crippen molar-refractivity contribution in [2.45, 2.75) is 19.8 Å². The molecule has 2 N–H and O–H groups in total. The number of halogens is 2. The average Bonchev–Trinajstić information content (AvgIpc) is 2.60. The summed E-state index contributed by atoms with van der Waals surface area (Å²) in [6, 6.07) is 5.35. The Morgan fingerprint density at radius 2 is 2.12 bits per heavy atom. The van der Waals surface area contributed by atoms with Crippen molar-refractivity contribution in [1.29, 1.82) is 0 Å². The zero-order valence-electron chi connectivity index (χ0n) is 9.34. The lowest BCUT2D eigenvalue weighted by atomic mass is 10.1. The summed E-state index contributed by atoms with van der Waals surface area (Å²) in [7, 11) is 0. The van der Waals surface area contributed by atoms with E-state index in [4.69, 9.17) is 28.9 Å². The van der Waals surface area contributed by atoms with Crippen LogP contribution in [0.25, 0.3) is 11.3 Å². The Labute approximate surface area is 114 Å². The van der Waals surface area contributed by atoms with E-state index in [-0.39, 0.29) is 0 Å². The maximum Gasteiger partial charge on any atom is 0.114 e. The highest BCUT2D eigenvalue weighted by Gasteiger charge is 2.13. The Hall–Kier alpha value is -0.770. The van der Waals surface area contributed by atoms with Crippen molar-refractivity contribution >= 4 is 39.5 Å². The molecule has 0 spiro atoms. The third-order valence-electron chi connectivity index (χ3n) is 2.35. The van der Waals surface area contributed by atoms with Gasteiger partial charge in [0.25, 0.3) is 0 Å². The fourth-order valence-corrected chi connectivity index (χ4v) is 3.02. The number of hydrogen-bond donors (Lipinski definition) is 1. The van der Waals surface area contributed by atoms with Crippen LogP contribution in [0.5, 0.6) is 0 Å². The molecular weight excluding hydrogens is 275 g/mol. The highest BCUT2D eigenvalue weighted by Crippen LogP contribution is 2.36. The summed E-state index contributed by atoms with van der Waals surface area (Å²) in [5.41, 5.74) is 7.58. The Bertz CT molecular complexity index is 537. The summed E-state index contributed by atoms with van der Waals surface area (Å²) in [6.45, 7) is 2.12. The van der Waals surface area contributed by atoms with Gasteiger partial charge in [0.2, 0.25) is 0 Å². The van der Waals surface area contributed by atoms with Gasteiger partial charge in [-0.1, -0.05) is 30.1 Å². The van der Waals surface area contributed by atoms with Gasteiger partial charge in [-0.3, -0.25) is 0 Å². The Balaban J connectivity index is 2.45. The van der Waals surface area contributed by atoms with Gasteiger partial charge in [0.15, 0.2) is 0 Å². The molecule has 0 fully saturated rings. The molecule has 1 aromatic heterocycles. The number of hydrogen-bond acceptors (Lipinski definition) is 3. The molecular formula is C12H12Cl2N2S. The Morgan fingerprint density at radius 1 is 1.35 bits per heavy atom. The molecule has 0 saturated carbocycles. The average molecular weight is 287 g/mol. The number of anilines is 1. The van der Waals surface area contributed by atoms with Crippen molar-refractivity contribution in [3.05, 3.63) is 33.3 Å². The number of nitrogens with two attached hydrogens (primary N) is 1. The van der Waals surface area contributed by atoms with E-state index in [1.165, 1.54) is 11.3 Å². The molecule has 0 unspecified atom stereocenters. The standard InChI is InChI=1S/C12H12Cl2N2S/c1-2-3-10-16-11(12(15)17-10)8-5-4-7(13)6-9(8)14/h4-6H,2-3,15H2,1H3. The van der Waals surface area contributed by atoms with Crippen LogP contribution >= 0.6 is 34.5 Å². The van der Waals surface area contributed by atoms with Crippen molar-refractivity contribution in [3.63, 3.8) is 0 Å². The third-order valence-corrected chi connectivity index (χ3v) is 3.84. The number of aromatic nitrogens is 1. The van der Waals surface area contributed by atoms with Gasteiger partial charge in [0.05, 0.1) is 10.0 Å². The number of rotatable bonds is 3. The van der Waals surface area contributed by atoms with Crippen molar-refractivity contribution in [2.24, 2.45) is 0 Å². The molecule has 17 heavy (non-hydrogen) atoms. The maximum absolute atomic E-state index is 6.15. The van der Waals surface area contributed by atoms with Gasteiger partial charge >= 0.3 is 0 Å². The number of thiazole rings is 1. The molecule has 2 aromatic rings. The second-order valence-electron chi connectivity index (χ2n) is 3.69. The van der Waals surface area contributed by atoms with E-state index in [0.29, 0.717) is 15.0 Å². The van der Waals surface area contributed by atoms with E-state index in [0.717, 1.165) is 29.1 Å². The van der Waals surface area contributed by atoms with Crippen LogP contribution in [0.15, 0.2) is 18.2 Å². The number of nitrogens with zero attached hydrogens (tertiary/aromatic N) is 1. The zero-order valence-corrected chi connectivity index (χ0v) is 11.7. The molecule has 0 amide bonds. The first-order valence-corrected chi connectivity index (χ1v) is 6.89. The fourth-order valence-electron chi connectivity index (χ4n) is 1.57. The van der Waals surface area contributed by atoms with Gasteiger partial charge in [-0.05, 0) is 31.0 Å². The molecule has 1 heterocycles. The van der Waals surface area contributed by atoms with Gasteiger partial charge in [-0.2, -0.15) is 0 Å². The summed E-state index contributed by atoms with van der Waals surface area (Å²) >= 11 is 13.5. The number of benzene rings is 1. The summed E-state index contributed by atoms with van der Waals surface area (Å²) in [5, 5.41) is 2.95. The third kappa shape index (κ3) is 2.73. The van der Waals surface area contributed by atoms with Crippen molar-refractivity contribution < 1.29 is 0 Å². The van der Waals surface area contributed by atoms with Crippen LogP contribution in [0, 0.1) is 0 Å². The molecule has 2 nitrogen and oxygen atoms in total. The van der Waals surface area contributed by atoms with Gasteiger partial charge < -0.3 is 5.73 Å². The minimum absolute atomic E-state index is 0.581. The molecule has 0 saturated heterocycles. The lowest BCUT2D eigenvalue weighted by molar-refractivity contribution is 0.910. The van der Waals surface area contributed by atoms with Gasteiger partial charge in [0.1, 0.15) is 10.7 Å². The monoisotopic (exact) mass is 286 g/mol. The Morgan fingerprint density at radius 3 is 2.76 bits per heavy atom. The van der Waals surface area contributed by atoms with Crippen LogP contribution in [0.3, 0.4) is 0 Å². The van der Waals surface area contributed by atoms with Crippen molar-refractivity contribution in [2.75, 3.05) is 5.73 Å². The summed E-state index contributed by atoms with van der Waals surface area (Å²) in [4.78, 5) is 4.53. The van der Waals surface area contributed by atoms with Crippen LogP contribution in [0.2, 0.25) is 10.0 Å². The van der Waals surface area contributed by atoms with Crippen LogP contribution < -0.4 is 5.73 Å². The summed E-state index contributed by atoms with van der Waals surface area (Å²) in [6.07, 6.45) is 2.00. The second-order valence-corrected chi connectivity index (χ2v) is 5.65. The van der Waals surface area contributed by atoms with E-state index < -0.39 is 0 Å². The van der Waals surface area contributed by atoms with Crippen molar-refractivity contribution in [3.8, 4) is 11.3 Å². The highest BCUT2D eigenvalue weighted by atomic mass is 35.5. The predicted molar refractivity (Wildman–Crippen MR) is 76.0 cm³/mol. The zero-order chi connectivity index (χ0) is 12.4. The highest BCUT2D eigenvalue weighted by molar-refractivity contribution is 7.16. The van der Waals surface area contributed by atoms with E-state index in [1.807, 2.05) is 6.07 Å². The van der Waals surface area contributed by atoms with E-state index in [1.54, 1.807) is 12.1 Å². The quantitative estimate of drug-likeness (QED) is 0.892. The predicted octanol–water partition coefficient (Wildman–Crippen LogP) is 4.65. The van der Waals surface area contributed by atoms with Crippen molar-refractivity contribution in [1.82, 2.24) is 4.98 Å². The lowest BCUT2D eigenvalue weighted by Gasteiger charge is -2.02. The van der Waals surface area contributed by atoms with Crippen LogP contribution in [0.1, 0.15) is 18.4 Å². The topological polar surface area (TPSA) is 38.9 Å². The maximum atomic E-state index is 6.15. The van der Waals surface area contributed by atoms with Crippen LogP contribution in [-0.2, 0) is 6.42 Å². The van der Waals surface area contributed by atoms with E-state index in [2.05, 4.69) is 11.9 Å². The smallest absolute Gasteiger partial charge is 0.114 e. The summed E-state index contributed by atoms with van der Waals surface area (Å²) < 4.78 is 0. The fraction of sp³-hybridized carbons (Fsp3) is 0.250. The number of aryl methyl sites for hydroxylation is 1. The van der Waals surface area contributed by atoms with Crippen LogP contribution in [0.4, 0.5) is 5.00 Å². The van der Waals surface area contributed by atoms with E-state index >= 15 is 0 Å². The molecule has 0 radical (unpaired) electrons. The molecule has 0 aliphatic rings. The molecule has 0 atom stereocenters. The van der Waals surface area contributed by atoms with E-state index in [9.17, 15) is 0 Å². The first kappa shape index (κ1) is 12.7. The molecule has 0 bridgehead atoms. The number of nitrogen functional groups attached to an aromatic ring is 1. The molecule has 90 valence electrons. The SMILES string of the molecule is CCCc1nc(-c2ccc(Cl)cc2Cl)c(N)s1. The molecule has 0 aliphatic carbocycles. The first-order chi connectivity index (χ1) is 8.11. The van der Waals surface area contributed by atoms with Gasteiger partial charge in [0, 0.05) is 10.6 Å². The van der Waals surface area contributed by atoms with Gasteiger partial charge in [-0.25, -0.2) is 4.98 Å². The van der Waals surface area contributed by atoms with Crippen LogP contribution in [-0.4, -0.2) is 4.98 Å². The minimum atomic E-state index is 0.581. The molecule has 0 aliphatic heterocycles.